The maximum atomic E-state index is 11.8. The fourth-order valence-electron chi connectivity index (χ4n) is 3.29. The molecule has 0 fully saturated rings. The van der Waals surface area contributed by atoms with Crippen molar-refractivity contribution in [1.82, 2.24) is 9.66 Å². The minimum Gasteiger partial charge on any atom is -0.482 e. The van der Waals surface area contributed by atoms with E-state index in [1.165, 1.54) is 11.3 Å². The van der Waals surface area contributed by atoms with E-state index >= 15 is 0 Å². The van der Waals surface area contributed by atoms with Crippen molar-refractivity contribution in [3.8, 4) is 17.0 Å². The van der Waals surface area contributed by atoms with Crippen molar-refractivity contribution in [3.05, 3.63) is 88.3 Å². The summed E-state index contributed by atoms with van der Waals surface area (Å²) in [6.45, 7) is 2.06. The van der Waals surface area contributed by atoms with Crippen molar-refractivity contribution in [2.45, 2.75) is 6.92 Å². The molecule has 32 heavy (non-hydrogen) atoms. The molecule has 0 atom stereocenters. The molecule has 2 aromatic carbocycles. The van der Waals surface area contributed by atoms with Crippen molar-refractivity contribution < 1.29 is 9.53 Å². The first-order valence-corrected chi connectivity index (χ1v) is 10.9. The standard InChI is InChI=1S/C24H19N5O2S/c1-16-6-2-3-8-19(16)28-24-29(26-13-18-7-4-5-11-25-18)21(15-32-24)17-9-10-22-20(12-17)27-23(30)14-31-22/h2-13,15H,14H2,1H3,(H,27,30). The Morgan fingerprint density at radius 3 is 2.88 bits per heavy atom. The molecule has 0 aliphatic carbocycles. The van der Waals surface area contributed by atoms with Gasteiger partial charge >= 0.3 is 0 Å². The lowest BCUT2D eigenvalue weighted by Gasteiger charge is -2.18. The molecule has 0 bridgehead atoms. The summed E-state index contributed by atoms with van der Waals surface area (Å²) in [7, 11) is 0. The maximum absolute atomic E-state index is 11.8. The monoisotopic (exact) mass is 441 g/mol. The first-order chi connectivity index (χ1) is 15.7. The van der Waals surface area contributed by atoms with Crippen LogP contribution in [-0.4, -0.2) is 28.4 Å². The van der Waals surface area contributed by atoms with Crippen LogP contribution < -0.4 is 14.9 Å². The molecular weight excluding hydrogens is 422 g/mol. The van der Waals surface area contributed by atoms with E-state index in [1.54, 1.807) is 17.1 Å². The van der Waals surface area contributed by atoms with Crippen LogP contribution in [0.4, 0.5) is 11.4 Å². The summed E-state index contributed by atoms with van der Waals surface area (Å²) in [5, 5.41) is 9.55. The van der Waals surface area contributed by atoms with Crippen LogP contribution >= 0.6 is 11.3 Å². The Labute approximate surface area is 188 Å². The van der Waals surface area contributed by atoms with Crippen LogP contribution in [0, 0.1) is 6.92 Å². The smallest absolute Gasteiger partial charge is 0.262 e. The summed E-state index contributed by atoms with van der Waals surface area (Å²) >= 11 is 1.49. The number of pyridine rings is 1. The summed E-state index contributed by atoms with van der Waals surface area (Å²) in [6, 6.07) is 19.3. The summed E-state index contributed by atoms with van der Waals surface area (Å²) in [4.78, 5) is 21.6. The highest BCUT2D eigenvalue weighted by Gasteiger charge is 2.18. The third kappa shape index (κ3) is 4.08. The zero-order chi connectivity index (χ0) is 21.9. The molecular formula is C24H19N5O2S. The molecule has 1 N–H and O–H groups in total. The number of carbonyl (C=O) groups is 1. The van der Waals surface area contributed by atoms with Gasteiger partial charge in [-0.1, -0.05) is 24.3 Å². The molecule has 0 saturated heterocycles. The number of aryl methyl sites for hydroxylation is 1. The lowest BCUT2D eigenvalue weighted by atomic mass is 10.1. The molecule has 0 unspecified atom stereocenters. The van der Waals surface area contributed by atoms with Crippen LogP contribution in [0.2, 0.25) is 0 Å². The Bertz CT molecular complexity index is 1390. The fourth-order valence-corrected chi connectivity index (χ4v) is 4.14. The Balaban J connectivity index is 1.64. The van der Waals surface area contributed by atoms with Gasteiger partial charge in [0.05, 0.1) is 29.0 Å². The molecule has 1 aliphatic rings. The fraction of sp³-hybridized carbons (Fsp3) is 0.0833. The topological polar surface area (TPSA) is 80.9 Å². The van der Waals surface area contributed by atoms with Crippen molar-refractivity contribution in [2.24, 2.45) is 10.1 Å². The number of anilines is 1. The van der Waals surface area contributed by atoms with E-state index in [4.69, 9.17) is 14.8 Å². The van der Waals surface area contributed by atoms with E-state index in [9.17, 15) is 4.79 Å². The zero-order valence-electron chi connectivity index (χ0n) is 17.2. The van der Waals surface area contributed by atoms with Crippen LogP contribution in [0.1, 0.15) is 11.3 Å². The van der Waals surface area contributed by atoms with Gasteiger partial charge in [-0.2, -0.15) is 5.10 Å². The van der Waals surface area contributed by atoms with Crippen LogP contribution in [0.5, 0.6) is 5.75 Å². The highest BCUT2D eigenvalue weighted by molar-refractivity contribution is 7.07. The van der Waals surface area contributed by atoms with Crippen molar-refractivity contribution in [2.75, 3.05) is 11.9 Å². The number of nitrogens with one attached hydrogen (secondary N) is 1. The maximum Gasteiger partial charge on any atom is 0.262 e. The highest BCUT2D eigenvalue weighted by Crippen LogP contribution is 2.33. The van der Waals surface area contributed by atoms with Crippen LogP contribution in [0.15, 0.2) is 82.3 Å². The average molecular weight is 442 g/mol. The number of rotatable bonds is 4. The van der Waals surface area contributed by atoms with Gasteiger partial charge in [0.15, 0.2) is 6.61 Å². The number of nitrogens with zero attached hydrogens (tertiary/aromatic N) is 4. The minimum absolute atomic E-state index is 0.0264. The van der Waals surface area contributed by atoms with Crippen LogP contribution in [0.25, 0.3) is 11.3 Å². The number of fused-ring (bicyclic) bond motifs is 1. The van der Waals surface area contributed by atoms with Crippen molar-refractivity contribution >= 4 is 34.8 Å². The quantitative estimate of drug-likeness (QED) is 0.478. The van der Waals surface area contributed by atoms with Gasteiger partial charge < -0.3 is 10.1 Å². The second-order valence-corrected chi connectivity index (χ2v) is 8.00. The number of para-hydroxylation sites is 1. The summed E-state index contributed by atoms with van der Waals surface area (Å²) < 4.78 is 7.28. The molecule has 7 nitrogen and oxygen atoms in total. The molecule has 0 spiro atoms. The van der Waals surface area contributed by atoms with Crippen molar-refractivity contribution in [3.63, 3.8) is 0 Å². The molecule has 5 rings (SSSR count). The number of amides is 1. The Morgan fingerprint density at radius 1 is 1.16 bits per heavy atom. The third-order valence-corrected chi connectivity index (χ3v) is 5.73. The molecule has 0 saturated carbocycles. The summed E-state index contributed by atoms with van der Waals surface area (Å²) in [5.74, 6) is 0.480. The van der Waals surface area contributed by atoms with E-state index in [0.29, 0.717) is 11.4 Å². The van der Waals surface area contributed by atoms with E-state index in [0.717, 1.165) is 33.0 Å². The number of ether oxygens (including phenoxy) is 1. The van der Waals surface area contributed by atoms with Gasteiger partial charge in [0.1, 0.15) is 5.75 Å². The number of hydrogen-bond donors (Lipinski definition) is 1. The number of aromatic nitrogens is 2. The molecule has 2 aromatic heterocycles. The number of carbonyl (C=O) groups excluding carboxylic acids is 1. The lowest BCUT2D eigenvalue weighted by molar-refractivity contribution is -0.118. The van der Waals surface area contributed by atoms with Gasteiger partial charge in [0.2, 0.25) is 4.80 Å². The number of benzene rings is 2. The Morgan fingerprint density at radius 2 is 2.03 bits per heavy atom. The van der Waals surface area contributed by atoms with Gasteiger partial charge in [-0.25, -0.2) is 9.67 Å². The largest absolute Gasteiger partial charge is 0.482 e. The van der Waals surface area contributed by atoms with Gasteiger partial charge in [-0.15, -0.1) is 11.3 Å². The molecule has 3 heterocycles. The van der Waals surface area contributed by atoms with E-state index in [-0.39, 0.29) is 12.5 Å². The SMILES string of the molecule is Cc1ccccc1N=c1scc(-c2ccc3c(c2)NC(=O)CO3)n1N=Cc1ccccn1. The first-order valence-electron chi connectivity index (χ1n) is 10.0. The van der Waals surface area contributed by atoms with Crippen molar-refractivity contribution in [1.29, 1.82) is 0 Å². The van der Waals surface area contributed by atoms with E-state index in [1.807, 2.05) is 73.0 Å². The lowest BCUT2D eigenvalue weighted by Crippen LogP contribution is -2.25. The Hall–Kier alpha value is -4.04. The zero-order valence-corrected chi connectivity index (χ0v) is 18.0. The third-order valence-electron chi connectivity index (χ3n) is 4.92. The molecule has 158 valence electrons. The molecule has 1 aliphatic heterocycles. The van der Waals surface area contributed by atoms with E-state index < -0.39 is 0 Å². The highest BCUT2D eigenvalue weighted by atomic mass is 32.1. The summed E-state index contributed by atoms with van der Waals surface area (Å²) in [6.07, 6.45) is 3.43. The van der Waals surface area contributed by atoms with Crippen LogP contribution in [-0.2, 0) is 4.79 Å². The number of thiazole rings is 1. The number of hydrogen-bond acceptors (Lipinski definition) is 6. The van der Waals surface area contributed by atoms with Crippen LogP contribution in [0.3, 0.4) is 0 Å². The minimum atomic E-state index is -0.170. The normalized spacial score (nSPS) is 13.7. The average Bonchev–Trinajstić information content (AvgIpc) is 3.21. The van der Waals surface area contributed by atoms with Gasteiger partial charge in [0, 0.05) is 17.1 Å². The predicted molar refractivity (Wildman–Crippen MR) is 126 cm³/mol. The second-order valence-electron chi connectivity index (χ2n) is 7.16. The molecule has 8 heteroatoms. The second kappa shape index (κ2) is 8.60. The van der Waals surface area contributed by atoms with Gasteiger partial charge in [-0.3, -0.25) is 9.78 Å². The van der Waals surface area contributed by atoms with E-state index in [2.05, 4.69) is 10.3 Å². The molecule has 1 amide bonds. The van der Waals surface area contributed by atoms with Gasteiger partial charge in [0.25, 0.3) is 5.91 Å². The molecule has 4 aromatic rings. The van der Waals surface area contributed by atoms with Gasteiger partial charge in [-0.05, 0) is 48.9 Å². The summed E-state index contributed by atoms with van der Waals surface area (Å²) in [5.41, 5.74) is 5.07. The molecule has 0 radical (unpaired) electrons. The predicted octanol–water partition coefficient (Wildman–Crippen LogP) is 4.37. The first kappa shape index (κ1) is 19.9. The Kier molecular flexibility index (Phi) is 5.35.